The predicted molar refractivity (Wildman–Crippen MR) is 115 cm³/mol. The zero-order chi connectivity index (χ0) is 21.8. The topological polar surface area (TPSA) is 93.5 Å². The number of piperazine rings is 1. The molecular formula is C21H30N6O3S. The maximum atomic E-state index is 13.3. The second-order valence-corrected chi connectivity index (χ2v) is 11.1. The van der Waals surface area contributed by atoms with Crippen molar-refractivity contribution in [3.8, 4) is 5.88 Å². The summed E-state index contributed by atoms with van der Waals surface area (Å²) in [6.45, 7) is 8.18. The lowest BCUT2D eigenvalue weighted by Crippen LogP contribution is -2.51. The molecule has 1 saturated carbocycles. The zero-order valence-corrected chi connectivity index (χ0v) is 19.1. The van der Waals surface area contributed by atoms with E-state index in [9.17, 15) is 8.42 Å². The Bertz CT molecular complexity index is 1050. The monoisotopic (exact) mass is 446 g/mol. The number of aryl methyl sites for hydroxylation is 1. The summed E-state index contributed by atoms with van der Waals surface area (Å²) in [5.41, 5.74) is 1.60. The summed E-state index contributed by atoms with van der Waals surface area (Å²) in [7, 11) is -3.57. The summed E-state index contributed by atoms with van der Waals surface area (Å²) in [6.07, 6.45) is 8.38. The number of ether oxygens (including phenoxy) is 1. The number of fused-ring (bicyclic) bond motifs is 1. The summed E-state index contributed by atoms with van der Waals surface area (Å²) >= 11 is 0. The second kappa shape index (κ2) is 7.83. The van der Waals surface area contributed by atoms with E-state index in [1.165, 1.54) is 12.8 Å². The Morgan fingerprint density at radius 3 is 2.58 bits per heavy atom. The maximum Gasteiger partial charge on any atom is 0.246 e. The number of hydrogen-bond donors (Lipinski definition) is 0. The fraction of sp³-hybridized carbons (Fsp3) is 0.667. The quantitative estimate of drug-likeness (QED) is 0.670. The summed E-state index contributed by atoms with van der Waals surface area (Å²) in [4.78, 5) is 11.5. The van der Waals surface area contributed by atoms with Gasteiger partial charge in [0.05, 0.1) is 23.8 Å². The second-order valence-electron chi connectivity index (χ2n) is 9.19. The molecule has 2 atom stereocenters. The highest BCUT2D eigenvalue weighted by Crippen LogP contribution is 2.38. The molecule has 3 fully saturated rings. The van der Waals surface area contributed by atoms with E-state index >= 15 is 0 Å². The van der Waals surface area contributed by atoms with Gasteiger partial charge in [0.15, 0.2) is 0 Å². The lowest BCUT2D eigenvalue weighted by molar-refractivity contribution is 0.151. The van der Waals surface area contributed by atoms with Gasteiger partial charge in [-0.2, -0.15) is 9.40 Å². The van der Waals surface area contributed by atoms with Crippen molar-refractivity contribution in [3.63, 3.8) is 0 Å². The van der Waals surface area contributed by atoms with Gasteiger partial charge >= 0.3 is 0 Å². The van der Waals surface area contributed by atoms with Gasteiger partial charge in [-0.15, -0.1) is 0 Å². The number of rotatable bonds is 6. The molecule has 3 aliphatic rings. The first-order chi connectivity index (χ1) is 14.8. The van der Waals surface area contributed by atoms with Crippen LogP contribution in [0.25, 0.3) is 0 Å². The highest BCUT2D eigenvalue weighted by molar-refractivity contribution is 7.89. The molecule has 0 spiro atoms. The van der Waals surface area contributed by atoms with Crippen LogP contribution in [-0.2, 0) is 10.0 Å². The van der Waals surface area contributed by atoms with Crippen LogP contribution in [0.2, 0.25) is 0 Å². The minimum absolute atomic E-state index is 0.000781. The van der Waals surface area contributed by atoms with Crippen LogP contribution in [0.5, 0.6) is 5.88 Å². The summed E-state index contributed by atoms with van der Waals surface area (Å²) in [5, 5.41) is 4.39. The van der Waals surface area contributed by atoms with Crippen LogP contribution in [0.15, 0.2) is 23.5 Å². The molecule has 0 radical (unpaired) electrons. The molecule has 1 aliphatic carbocycles. The van der Waals surface area contributed by atoms with E-state index in [-0.39, 0.29) is 18.2 Å². The highest BCUT2D eigenvalue weighted by atomic mass is 32.2. The van der Waals surface area contributed by atoms with Crippen LogP contribution < -0.4 is 4.74 Å². The maximum absolute atomic E-state index is 13.3. The molecule has 0 unspecified atom stereocenters. The SMILES string of the molecule is Cc1nn(C(C)C)cc1S(=O)(=O)N1CCN2C[C@@H](Oc3cnc(C4CC4)cn3)C[C@H]2C1. The fourth-order valence-corrected chi connectivity index (χ4v) is 6.16. The van der Waals surface area contributed by atoms with E-state index in [0.29, 0.717) is 42.0 Å². The smallest absolute Gasteiger partial charge is 0.246 e. The predicted octanol–water partition coefficient (Wildman–Crippen LogP) is 1.97. The van der Waals surface area contributed by atoms with Crippen molar-refractivity contribution >= 4 is 10.0 Å². The third kappa shape index (κ3) is 4.08. The minimum Gasteiger partial charge on any atom is -0.472 e. The summed E-state index contributed by atoms with van der Waals surface area (Å²) in [5.74, 6) is 1.13. The van der Waals surface area contributed by atoms with Crippen LogP contribution in [0.3, 0.4) is 0 Å². The Hall–Kier alpha value is -2.04. The normalized spacial score (nSPS) is 25.2. The standard InChI is InChI=1S/C21H30N6O3S/c1-14(2)27-13-20(15(3)24-27)31(28,29)26-7-6-25-12-18(8-17(25)11-26)30-21-10-22-19(9-23-21)16-4-5-16/h9-10,13-14,16-18H,4-8,11-12H2,1-3H3/t17-,18-/m0/s1. The Morgan fingerprint density at radius 2 is 1.94 bits per heavy atom. The van der Waals surface area contributed by atoms with Gasteiger partial charge in [-0.25, -0.2) is 13.4 Å². The van der Waals surface area contributed by atoms with Crippen molar-refractivity contribution < 1.29 is 13.2 Å². The highest BCUT2D eigenvalue weighted by Gasteiger charge is 2.41. The van der Waals surface area contributed by atoms with Gasteiger partial charge in [0.25, 0.3) is 0 Å². The van der Waals surface area contributed by atoms with Crippen molar-refractivity contribution in [2.75, 3.05) is 26.2 Å². The molecule has 168 valence electrons. The van der Waals surface area contributed by atoms with Gasteiger partial charge in [0.1, 0.15) is 11.0 Å². The number of sulfonamides is 1. The van der Waals surface area contributed by atoms with Crippen molar-refractivity contribution in [2.24, 2.45) is 0 Å². The lowest BCUT2D eigenvalue weighted by atomic mass is 10.2. The van der Waals surface area contributed by atoms with Gasteiger partial charge in [-0.3, -0.25) is 14.6 Å². The van der Waals surface area contributed by atoms with Gasteiger partial charge < -0.3 is 4.74 Å². The molecule has 2 aromatic rings. The average Bonchev–Trinajstić information content (AvgIpc) is 3.38. The Morgan fingerprint density at radius 1 is 1.13 bits per heavy atom. The van der Waals surface area contributed by atoms with Crippen LogP contribution in [0.1, 0.15) is 56.5 Å². The first kappa shape index (κ1) is 20.8. The van der Waals surface area contributed by atoms with Crippen LogP contribution in [-0.4, -0.2) is 75.7 Å². The molecule has 0 N–H and O–H groups in total. The molecular weight excluding hydrogens is 416 g/mol. The Labute approximate surface area is 183 Å². The van der Waals surface area contributed by atoms with E-state index in [2.05, 4.69) is 20.0 Å². The molecule has 5 rings (SSSR count). The molecule has 9 nitrogen and oxygen atoms in total. The Kier molecular flexibility index (Phi) is 5.26. The lowest BCUT2D eigenvalue weighted by Gasteiger charge is -2.36. The van der Waals surface area contributed by atoms with E-state index in [4.69, 9.17) is 4.74 Å². The molecule has 0 bridgehead atoms. The third-order valence-corrected chi connectivity index (χ3v) is 8.46. The molecule has 2 aromatic heterocycles. The first-order valence-electron chi connectivity index (χ1n) is 11.1. The molecule has 4 heterocycles. The van der Waals surface area contributed by atoms with Gasteiger partial charge in [-0.1, -0.05) is 0 Å². The zero-order valence-electron chi connectivity index (χ0n) is 18.3. The van der Waals surface area contributed by atoms with Crippen molar-refractivity contribution in [2.45, 2.75) is 69.0 Å². The third-order valence-electron chi connectivity index (χ3n) is 6.49. The molecule has 10 heteroatoms. The van der Waals surface area contributed by atoms with Gasteiger partial charge in [0.2, 0.25) is 15.9 Å². The molecule has 0 amide bonds. The molecule has 2 aliphatic heterocycles. The van der Waals surface area contributed by atoms with Gasteiger partial charge in [0, 0.05) is 56.8 Å². The molecule has 2 saturated heterocycles. The first-order valence-corrected chi connectivity index (χ1v) is 12.5. The number of nitrogens with zero attached hydrogens (tertiary/aromatic N) is 6. The van der Waals surface area contributed by atoms with E-state index in [1.54, 1.807) is 28.3 Å². The van der Waals surface area contributed by atoms with Gasteiger partial charge in [-0.05, 0) is 33.6 Å². The van der Waals surface area contributed by atoms with E-state index in [0.717, 1.165) is 18.7 Å². The van der Waals surface area contributed by atoms with Crippen LogP contribution in [0, 0.1) is 6.92 Å². The molecule has 31 heavy (non-hydrogen) atoms. The van der Waals surface area contributed by atoms with Crippen LogP contribution in [0.4, 0.5) is 0 Å². The van der Waals surface area contributed by atoms with Crippen molar-refractivity contribution in [3.05, 3.63) is 30.0 Å². The number of hydrogen-bond acceptors (Lipinski definition) is 7. The van der Waals surface area contributed by atoms with E-state index in [1.807, 2.05) is 20.0 Å². The summed E-state index contributed by atoms with van der Waals surface area (Å²) in [6, 6.07) is 0.265. The fourth-order valence-electron chi connectivity index (χ4n) is 4.54. The minimum atomic E-state index is -3.57. The summed E-state index contributed by atoms with van der Waals surface area (Å²) < 4.78 is 36.0. The van der Waals surface area contributed by atoms with Crippen molar-refractivity contribution in [1.29, 1.82) is 0 Å². The van der Waals surface area contributed by atoms with E-state index < -0.39 is 10.0 Å². The van der Waals surface area contributed by atoms with Crippen molar-refractivity contribution in [1.82, 2.24) is 29.0 Å². The Balaban J connectivity index is 1.24. The average molecular weight is 447 g/mol. The molecule has 0 aromatic carbocycles. The number of aromatic nitrogens is 4. The van der Waals surface area contributed by atoms with Crippen LogP contribution >= 0.6 is 0 Å². The largest absolute Gasteiger partial charge is 0.472 e.